The van der Waals surface area contributed by atoms with Gasteiger partial charge in [-0.1, -0.05) is 25.3 Å². The summed E-state index contributed by atoms with van der Waals surface area (Å²) >= 11 is 6.39. The van der Waals surface area contributed by atoms with Gasteiger partial charge < -0.3 is 4.42 Å². The van der Waals surface area contributed by atoms with Gasteiger partial charge >= 0.3 is 5.76 Å². The van der Waals surface area contributed by atoms with Crippen LogP contribution >= 0.6 is 11.6 Å². The third-order valence-electron chi connectivity index (χ3n) is 3.57. The van der Waals surface area contributed by atoms with E-state index in [0.717, 1.165) is 23.4 Å². The first kappa shape index (κ1) is 10.9. The molecule has 1 fully saturated rings. The van der Waals surface area contributed by atoms with Crippen LogP contribution in [0.3, 0.4) is 0 Å². The molecular formula is C13H14ClNO2. The fraction of sp³-hybridized carbons (Fsp3) is 0.462. The highest BCUT2D eigenvalue weighted by Gasteiger charge is 2.22. The highest BCUT2D eigenvalue weighted by atomic mass is 35.5. The lowest BCUT2D eigenvalue weighted by Crippen LogP contribution is -2.12. The van der Waals surface area contributed by atoms with Gasteiger partial charge in [0.15, 0.2) is 5.58 Å². The first-order valence-corrected chi connectivity index (χ1v) is 6.43. The van der Waals surface area contributed by atoms with E-state index in [0.29, 0.717) is 5.58 Å². The van der Waals surface area contributed by atoms with Crippen LogP contribution in [0.2, 0.25) is 0 Å². The van der Waals surface area contributed by atoms with Crippen molar-refractivity contribution < 1.29 is 4.42 Å². The van der Waals surface area contributed by atoms with E-state index in [4.69, 9.17) is 16.0 Å². The first-order valence-electron chi connectivity index (χ1n) is 5.99. The number of fused-ring (bicyclic) bond motifs is 1. The maximum atomic E-state index is 11.0. The standard InChI is InChI=1S/C13H14ClNO2/c14-10(6-8-2-1-3-8)9-4-5-11-12(7-9)17-13(16)15-11/h4-5,7-8,10H,1-3,6H2,(H,15,16). The van der Waals surface area contributed by atoms with Crippen molar-refractivity contribution in [2.24, 2.45) is 5.92 Å². The van der Waals surface area contributed by atoms with Crippen LogP contribution in [-0.4, -0.2) is 4.98 Å². The van der Waals surface area contributed by atoms with Crippen LogP contribution in [0.5, 0.6) is 0 Å². The zero-order chi connectivity index (χ0) is 11.8. The van der Waals surface area contributed by atoms with Crippen LogP contribution in [0.25, 0.3) is 11.1 Å². The topological polar surface area (TPSA) is 46.0 Å². The zero-order valence-corrected chi connectivity index (χ0v) is 10.2. The Balaban J connectivity index is 1.85. The smallest absolute Gasteiger partial charge is 0.408 e. The number of H-pyrrole nitrogens is 1. The molecule has 0 aliphatic heterocycles. The molecule has 1 aliphatic carbocycles. The van der Waals surface area contributed by atoms with E-state index in [1.807, 2.05) is 18.2 Å². The van der Waals surface area contributed by atoms with E-state index in [-0.39, 0.29) is 5.38 Å². The first-order chi connectivity index (χ1) is 8.22. The largest absolute Gasteiger partial charge is 0.417 e. The molecule has 90 valence electrons. The second-order valence-corrected chi connectivity index (χ2v) is 5.30. The van der Waals surface area contributed by atoms with E-state index >= 15 is 0 Å². The van der Waals surface area contributed by atoms with Crippen molar-refractivity contribution in [3.63, 3.8) is 0 Å². The monoisotopic (exact) mass is 251 g/mol. The molecule has 0 saturated heterocycles. The van der Waals surface area contributed by atoms with Gasteiger partial charge in [0.25, 0.3) is 0 Å². The summed E-state index contributed by atoms with van der Waals surface area (Å²) in [5, 5.41) is 0.0184. The van der Waals surface area contributed by atoms with Crippen molar-refractivity contribution in [1.29, 1.82) is 0 Å². The lowest BCUT2D eigenvalue weighted by atomic mass is 9.81. The summed E-state index contributed by atoms with van der Waals surface area (Å²) in [6.07, 6.45) is 4.94. The number of hydrogen-bond donors (Lipinski definition) is 1. The normalized spacial score (nSPS) is 18.2. The summed E-state index contributed by atoms with van der Waals surface area (Å²) in [5.41, 5.74) is 2.35. The quantitative estimate of drug-likeness (QED) is 0.848. The lowest BCUT2D eigenvalue weighted by Gasteiger charge is -2.27. The number of nitrogens with one attached hydrogen (secondary N) is 1. The summed E-state index contributed by atoms with van der Waals surface area (Å²) in [5.74, 6) is 0.355. The van der Waals surface area contributed by atoms with Crippen molar-refractivity contribution in [1.82, 2.24) is 4.98 Å². The molecule has 0 radical (unpaired) electrons. The second kappa shape index (κ2) is 4.22. The molecule has 0 spiro atoms. The van der Waals surface area contributed by atoms with Gasteiger partial charge in [-0.25, -0.2) is 4.79 Å². The fourth-order valence-corrected chi connectivity index (χ4v) is 2.70. The lowest BCUT2D eigenvalue weighted by molar-refractivity contribution is 0.293. The molecule has 4 heteroatoms. The van der Waals surface area contributed by atoms with Crippen molar-refractivity contribution >= 4 is 22.7 Å². The third kappa shape index (κ3) is 2.12. The van der Waals surface area contributed by atoms with E-state index in [1.54, 1.807) is 0 Å². The summed E-state index contributed by atoms with van der Waals surface area (Å²) in [7, 11) is 0. The van der Waals surface area contributed by atoms with Crippen molar-refractivity contribution in [2.75, 3.05) is 0 Å². The number of alkyl halides is 1. The predicted molar refractivity (Wildman–Crippen MR) is 67.4 cm³/mol. The number of halogens is 1. The Kier molecular flexibility index (Phi) is 2.71. The molecule has 0 bridgehead atoms. The average molecular weight is 252 g/mol. The van der Waals surface area contributed by atoms with Gasteiger partial charge in [-0.2, -0.15) is 0 Å². The highest BCUT2D eigenvalue weighted by Crippen LogP contribution is 2.38. The molecule has 3 rings (SSSR count). The zero-order valence-electron chi connectivity index (χ0n) is 9.41. The molecule has 1 aromatic carbocycles. The van der Waals surface area contributed by atoms with E-state index in [2.05, 4.69) is 4.98 Å². The minimum atomic E-state index is -0.415. The summed E-state index contributed by atoms with van der Waals surface area (Å²) in [6, 6.07) is 5.68. The van der Waals surface area contributed by atoms with Gasteiger partial charge in [0, 0.05) is 0 Å². The average Bonchev–Trinajstić information content (AvgIpc) is 2.62. The van der Waals surface area contributed by atoms with E-state index < -0.39 is 5.76 Å². The summed E-state index contributed by atoms with van der Waals surface area (Å²) in [4.78, 5) is 13.7. The summed E-state index contributed by atoms with van der Waals surface area (Å²) < 4.78 is 5.03. The van der Waals surface area contributed by atoms with Gasteiger partial charge in [0.2, 0.25) is 0 Å². The van der Waals surface area contributed by atoms with Crippen LogP contribution < -0.4 is 5.76 Å². The minimum Gasteiger partial charge on any atom is -0.408 e. The van der Waals surface area contributed by atoms with Crippen molar-refractivity contribution in [3.8, 4) is 0 Å². The van der Waals surface area contributed by atoms with Crippen LogP contribution in [-0.2, 0) is 0 Å². The molecule has 1 saturated carbocycles. The molecule has 2 aromatic rings. The third-order valence-corrected chi connectivity index (χ3v) is 4.00. The maximum absolute atomic E-state index is 11.0. The van der Waals surface area contributed by atoms with Crippen molar-refractivity contribution in [2.45, 2.75) is 31.1 Å². The number of benzene rings is 1. The number of aromatic amines is 1. The van der Waals surface area contributed by atoms with Gasteiger partial charge in [-0.3, -0.25) is 4.98 Å². The molecule has 1 aromatic heterocycles. The van der Waals surface area contributed by atoms with Crippen molar-refractivity contribution in [3.05, 3.63) is 34.3 Å². The Labute approximate surface area is 104 Å². The molecule has 1 unspecified atom stereocenters. The molecule has 1 atom stereocenters. The van der Waals surface area contributed by atoms with Crippen LogP contribution in [0.15, 0.2) is 27.4 Å². The Hall–Kier alpha value is -1.22. The molecule has 3 nitrogen and oxygen atoms in total. The molecular weight excluding hydrogens is 238 g/mol. The number of rotatable bonds is 3. The molecule has 0 amide bonds. The second-order valence-electron chi connectivity index (χ2n) is 4.77. The Morgan fingerprint density at radius 3 is 3.00 bits per heavy atom. The molecule has 17 heavy (non-hydrogen) atoms. The summed E-state index contributed by atoms with van der Waals surface area (Å²) in [6.45, 7) is 0. The van der Waals surface area contributed by atoms with Gasteiger partial charge in [-0.05, 0) is 30.0 Å². The number of hydrogen-bond acceptors (Lipinski definition) is 2. The Bertz CT molecular complexity index is 582. The Morgan fingerprint density at radius 1 is 1.47 bits per heavy atom. The van der Waals surface area contributed by atoms with Gasteiger partial charge in [0.05, 0.1) is 10.9 Å². The maximum Gasteiger partial charge on any atom is 0.417 e. The van der Waals surface area contributed by atoms with Gasteiger partial charge in [0.1, 0.15) is 0 Å². The Morgan fingerprint density at radius 2 is 2.29 bits per heavy atom. The fourth-order valence-electron chi connectivity index (χ4n) is 2.31. The molecule has 1 heterocycles. The van der Waals surface area contributed by atoms with Crippen LogP contribution in [0.4, 0.5) is 0 Å². The minimum absolute atomic E-state index is 0.0184. The van der Waals surface area contributed by atoms with E-state index in [1.165, 1.54) is 19.3 Å². The molecule has 1 aliphatic rings. The van der Waals surface area contributed by atoms with E-state index in [9.17, 15) is 4.79 Å². The SMILES string of the molecule is O=c1[nH]c2ccc(C(Cl)CC3CCC3)cc2o1. The molecule has 1 N–H and O–H groups in total. The predicted octanol–water partition coefficient (Wildman–Crippen LogP) is 3.59. The van der Waals surface area contributed by atoms with Gasteiger partial charge in [-0.15, -0.1) is 11.6 Å². The number of aromatic nitrogens is 1. The van der Waals surface area contributed by atoms with Crippen LogP contribution in [0.1, 0.15) is 36.6 Å². The van der Waals surface area contributed by atoms with Crippen LogP contribution in [0, 0.1) is 5.92 Å². The number of oxazole rings is 1. The highest BCUT2D eigenvalue weighted by molar-refractivity contribution is 6.20.